The lowest BCUT2D eigenvalue weighted by molar-refractivity contribution is 0.0958. The van der Waals surface area contributed by atoms with E-state index in [2.05, 4.69) is 43.8 Å². The highest BCUT2D eigenvalue weighted by Gasteiger charge is 2.06. The molecule has 0 aromatic heterocycles. The van der Waals surface area contributed by atoms with Crippen molar-refractivity contribution in [3.8, 4) is 0 Å². The van der Waals surface area contributed by atoms with Crippen LogP contribution in [0.2, 0.25) is 0 Å². The molecule has 0 fully saturated rings. The Morgan fingerprint density at radius 1 is 1.53 bits per heavy atom. The molecule has 1 aromatic rings. The van der Waals surface area contributed by atoms with Crippen molar-refractivity contribution in [1.29, 1.82) is 0 Å². The van der Waals surface area contributed by atoms with Gasteiger partial charge in [0.2, 0.25) is 0 Å². The summed E-state index contributed by atoms with van der Waals surface area (Å²) >= 11 is 6.42. The lowest BCUT2D eigenvalue weighted by Gasteiger charge is -2.05. The minimum atomic E-state index is -0.171. The van der Waals surface area contributed by atoms with Crippen molar-refractivity contribution in [2.75, 3.05) is 12.3 Å². The molecule has 0 bridgehead atoms. The van der Waals surface area contributed by atoms with E-state index in [1.807, 2.05) is 0 Å². The van der Waals surface area contributed by atoms with Crippen LogP contribution in [-0.4, -0.2) is 12.5 Å². The Labute approximate surface area is 105 Å². The second-order valence-corrected chi connectivity index (χ2v) is 4.91. The van der Waals surface area contributed by atoms with Gasteiger partial charge in [-0.25, -0.2) is 0 Å². The second kappa shape index (κ2) is 5.32. The smallest absolute Gasteiger partial charge is 0.251 e. The van der Waals surface area contributed by atoms with Gasteiger partial charge in [0.1, 0.15) is 0 Å². The number of nitrogens with one attached hydrogen (secondary N) is 1. The Morgan fingerprint density at radius 3 is 2.73 bits per heavy atom. The van der Waals surface area contributed by atoms with Gasteiger partial charge in [-0.2, -0.15) is 0 Å². The van der Waals surface area contributed by atoms with Crippen LogP contribution in [0, 0.1) is 0 Å². The molecule has 0 aliphatic heterocycles. The second-order valence-electron chi connectivity index (χ2n) is 2.94. The van der Waals surface area contributed by atoms with Crippen molar-refractivity contribution < 1.29 is 4.79 Å². The first kappa shape index (κ1) is 12.3. The fourth-order valence-electron chi connectivity index (χ4n) is 0.963. The van der Waals surface area contributed by atoms with Gasteiger partial charge in [-0.3, -0.25) is 4.79 Å². The molecule has 1 aromatic carbocycles. The first-order valence-corrected chi connectivity index (χ1v) is 5.76. The Kier molecular flexibility index (Phi) is 4.35. The number of hydrogen-bond donors (Lipinski definition) is 2. The highest BCUT2D eigenvalue weighted by atomic mass is 79.9. The SMILES string of the molecule is C=C(Br)CNC(=O)c1ccc(Br)c(N)c1. The summed E-state index contributed by atoms with van der Waals surface area (Å²) in [5, 5.41) is 2.69. The van der Waals surface area contributed by atoms with Crippen LogP contribution < -0.4 is 11.1 Å². The van der Waals surface area contributed by atoms with Crippen molar-refractivity contribution in [3.63, 3.8) is 0 Å². The highest BCUT2D eigenvalue weighted by molar-refractivity contribution is 9.11. The summed E-state index contributed by atoms with van der Waals surface area (Å²) in [4.78, 5) is 11.6. The molecular formula is C10H10Br2N2O. The third-order valence-corrected chi connectivity index (χ3v) is 2.70. The average Bonchev–Trinajstić information content (AvgIpc) is 2.18. The van der Waals surface area contributed by atoms with Crippen molar-refractivity contribution >= 4 is 43.5 Å². The number of rotatable bonds is 3. The number of halogens is 2. The van der Waals surface area contributed by atoms with Crippen LogP contribution in [0.25, 0.3) is 0 Å². The van der Waals surface area contributed by atoms with Crippen LogP contribution in [-0.2, 0) is 0 Å². The molecule has 0 saturated carbocycles. The van der Waals surface area contributed by atoms with E-state index in [4.69, 9.17) is 5.73 Å². The van der Waals surface area contributed by atoms with Gasteiger partial charge in [-0.05, 0) is 34.1 Å². The van der Waals surface area contributed by atoms with Crippen LogP contribution in [0.5, 0.6) is 0 Å². The molecule has 0 radical (unpaired) electrons. The molecule has 0 saturated heterocycles. The molecule has 0 atom stereocenters. The first-order chi connectivity index (χ1) is 7.00. The van der Waals surface area contributed by atoms with Gasteiger partial charge < -0.3 is 11.1 Å². The Morgan fingerprint density at radius 2 is 2.20 bits per heavy atom. The molecule has 0 heterocycles. The molecule has 15 heavy (non-hydrogen) atoms. The first-order valence-electron chi connectivity index (χ1n) is 4.17. The number of anilines is 1. The molecule has 1 amide bonds. The fourth-order valence-corrected chi connectivity index (χ4v) is 1.35. The van der Waals surface area contributed by atoms with Crippen molar-refractivity contribution in [3.05, 3.63) is 39.3 Å². The van der Waals surface area contributed by atoms with E-state index in [9.17, 15) is 4.79 Å². The van der Waals surface area contributed by atoms with E-state index in [0.29, 0.717) is 17.8 Å². The van der Waals surface area contributed by atoms with E-state index in [1.54, 1.807) is 18.2 Å². The van der Waals surface area contributed by atoms with E-state index >= 15 is 0 Å². The van der Waals surface area contributed by atoms with Crippen LogP contribution in [0.1, 0.15) is 10.4 Å². The zero-order chi connectivity index (χ0) is 11.4. The van der Waals surface area contributed by atoms with Gasteiger partial charge in [0.05, 0.1) is 0 Å². The predicted molar refractivity (Wildman–Crippen MR) is 69.0 cm³/mol. The number of carbonyl (C=O) groups excluding carboxylic acids is 1. The Hall–Kier alpha value is -0.810. The molecule has 5 heteroatoms. The standard InChI is InChI=1S/C10H10Br2N2O/c1-6(11)5-14-10(15)7-2-3-8(12)9(13)4-7/h2-4H,1,5,13H2,(H,14,15). The third kappa shape index (κ3) is 3.68. The molecule has 80 valence electrons. The van der Waals surface area contributed by atoms with Gasteiger partial charge in [0.25, 0.3) is 5.91 Å². The minimum Gasteiger partial charge on any atom is -0.398 e. The van der Waals surface area contributed by atoms with Crippen LogP contribution in [0.15, 0.2) is 33.7 Å². The third-order valence-electron chi connectivity index (χ3n) is 1.70. The largest absolute Gasteiger partial charge is 0.398 e. The Balaban J connectivity index is 2.74. The summed E-state index contributed by atoms with van der Waals surface area (Å²) in [5.74, 6) is -0.171. The van der Waals surface area contributed by atoms with Crippen LogP contribution >= 0.6 is 31.9 Å². The maximum absolute atomic E-state index is 11.6. The molecule has 3 N–H and O–H groups in total. The van der Waals surface area contributed by atoms with Crippen molar-refractivity contribution in [2.45, 2.75) is 0 Å². The lowest BCUT2D eigenvalue weighted by Crippen LogP contribution is -2.24. The minimum absolute atomic E-state index is 0.171. The number of amides is 1. The van der Waals surface area contributed by atoms with E-state index in [1.165, 1.54) is 0 Å². The maximum atomic E-state index is 11.6. The number of benzene rings is 1. The zero-order valence-corrected chi connectivity index (χ0v) is 11.1. The normalized spacial score (nSPS) is 9.73. The molecule has 0 aliphatic carbocycles. The van der Waals surface area contributed by atoms with Crippen LogP contribution in [0.4, 0.5) is 5.69 Å². The van der Waals surface area contributed by atoms with Crippen molar-refractivity contribution in [1.82, 2.24) is 5.32 Å². The lowest BCUT2D eigenvalue weighted by atomic mass is 10.2. The predicted octanol–water partition coefficient (Wildman–Crippen LogP) is 2.67. The summed E-state index contributed by atoms with van der Waals surface area (Å²) in [6, 6.07) is 5.07. The van der Waals surface area contributed by atoms with Gasteiger partial charge in [0, 0.05) is 26.8 Å². The van der Waals surface area contributed by atoms with Crippen LogP contribution in [0.3, 0.4) is 0 Å². The number of carbonyl (C=O) groups is 1. The average molecular weight is 334 g/mol. The van der Waals surface area contributed by atoms with Gasteiger partial charge >= 0.3 is 0 Å². The maximum Gasteiger partial charge on any atom is 0.251 e. The fraction of sp³-hybridized carbons (Fsp3) is 0.100. The monoisotopic (exact) mass is 332 g/mol. The van der Waals surface area contributed by atoms with E-state index in [0.717, 1.165) is 8.96 Å². The molecule has 0 aliphatic rings. The van der Waals surface area contributed by atoms with Gasteiger partial charge in [-0.1, -0.05) is 22.5 Å². The number of nitrogens with two attached hydrogens (primary N) is 1. The topological polar surface area (TPSA) is 55.1 Å². The summed E-state index contributed by atoms with van der Waals surface area (Å²) in [5.41, 5.74) is 6.73. The van der Waals surface area contributed by atoms with E-state index < -0.39 is 0 Å². The summed E-state index contributed by atoms with van der Waals surface area (Å²) in [6.07, 6.45) is 0. The molecule has 1 rings (SSSR count). The molecule has 0 unspecified atom stereocenters. The quantitative estimate of drug-likeness (QED) is 0.835. The van der Waals surface area contributed by atoms with Gasteiger partial charge in [-0.15, -0.1) is 0 Å². The molecule has 3 nitrogen and oxygen atoms in total. The van der Waals surface area contributed by atoms with E-state index in [-0.39, 0.29) is 5.91 Å². The van der Waals surface area contributed by atoms with Crippen molar-refractivity contribution in [2.24, 2.45) is 0 Å². The zero-order valence-electron chi connectivity index (χ0n) is 7.89. The number of nitrogen functional groups attached to an aromatic ring is 1. The Bertz CT molecular complexity index is 404. The molecule has 0 spiro atoms. The van der Waals surface area contributed by atoms with Gasteiger partial charge in [0.15, 0.2) is 0 Å². The highest BCUT2D eigenvalue weighted by Crippen LogP contribution is 2.20. The summed E-state index contributed by atoms with van der Waals surface area (Å²) < 4.78 is 1.50. The molecular weight excluding hydrogens is 324 g/mol. The number of hydrogen-bond acceptors (Lipinski definition) is 2. The summed E-state index contributed by atoms with van der Waals surface area (Å²) in [7, 11) is 0. The summed E-state index contributed by atoms with van der Waals surface area (Å²) in [6.45, 7) is 4.02.